The molecule has 0 rings (SSSR count). The summed E-state index contributed by atoms with van der Waals surface area (Å²) in [6.45, 7) is 9.52. The molecule has 17 nitrogen and oxygen atoms in total. The molecule has 0 amide bonds. The molecule has 0 aromatic rings. The number of carbonyl (C=O) groups is 4. The van der Waals surface area contributed by atoms with Crippen LogP contribution in [-0.2, 0) is 65.4 Å². The second-order valence-corrected chi connectivity index (χ2v) is 30.5. The highest BCUT2D eigenvalue weighted by atomic mass is 31.2. The standard InChI is InChI=1S/C74H144O17P2/c1-7-9-11-13-15-16-17-18-19-20-23-26-29-32-39-45-51-57-72(77)85-63-70(90-73(78)58-52-46-40-33-30-27-24-21-22-25-28-31-37-42-48-54-66(3)4)65-89-93(82,83)87-61-68(75)60-86-92(80,81)88-64-69(62-84-71(76)56-50-44-36-14-12-10-8-2)91-74(79)59-53-47-41-35-34-38-43-49-55-67(5)6/h66-70,75H,7-65H2,1-6H3,(H,80,81)(H,82,83)/t68-,69+,70+/m0/s1. The molecule has 19 heteroatoms. The van der Waals surface area contributed by atoms with Crippen LogP contribution in [0.3, 0.4) is 0 Å². The molecular formula is C74H144O17P2. The van der Waals surface area contributed by atoms with Crippen molar-refractivity contribution in [3.05, 3.63) is 0 Å². The lowest BCUT2D eigenvalue weighted by Crippen LogP contribution is -2.30. The van der Waals surface area contributed by atoms with E-state index >= 15 is 0 Å². The summed E-state index contributed by atoms with van der Waals surface area (Å²) in [6, 6.07) is 0. The Morgan fingerprint density at radius 1 is 0.290 bits per heavy atom. The fraction of sp³-hybridized carbons (Fsp3) is 0.946. The molecule has 0 aromatic heterocycles. The third-order valence-corrected chi connectivity index (χ3v) is 19.1. The average molecular weight is 1370 g/mol. The molecule has 0 heterocycles. The molecule has 0 radical (unpaired) electrons. The maximum atomic E-state index is 13.1. The molecule has 5 atom stereocenters. The maximum Gasteiger partial charge on any atom is 0.472 e. The Balaban J connectivity index is 5.19. The number of phosphoric acid groups is 2. The Morgan fingerprint density at radius 3 is 0.731 bits per heavy atom. The number of carbonyl (C=O) groups excluding carboxylic acids is 4. The highest BCUT2D eigenvalue weighted by Gasteiger charge is 2.30. The minimum absolute atomic E-state index is 0.104. The van der Waals surface area contributed by atoms with E-state index in [0.717, 1.165) is 115 Å². The molecule has 552 valence electrons. The number of aliphatic hydroxyl groups excluding tert-OH is 1. The van der Waals surface area contributed by atoms with E-state index < -0.39 is 97.5 Å². The van der Waals surface area contributed by atoms with E-state index in [0.29, 0.717) is 25.7 Å². The van der Waals surface area contributed by atoms with Crippen molar-refractivity contribution < 1.29 is 80.2 Å². The van der Waals surface area contributed by atoms with Crippen LogP contribution >= 0.6 is 15.6 Å². The van der Waals surface area contributed by atoms with E-state index in [4.69, 9.17) is 37.0 Å². The first-order valence-corrected chi connectivity index (χ1v) is 41.5. The van der Waals surface area contributed by atoms with Crippen molar-refractivity contribution in [2.24, 2.45) is 11.8 Å². The molecule has 0 aliphatic heterocycles. The maximum absolute atomic E-state index is 13.1. The second kappa shape index (κ2) is 66.0. The number of unbranched alkanes of at least 4 members (excludes halogenated alkanes) is 43. The first-order valence-electron chi connectivity index (χ1n) is 38.5. The second-order valence-electron chi connectivity index (χ2n) is 27.6. The van der Waals surface area contributed by atoms with Crippen molar-refractivity contribution in [3.63, 3.8) is 0 Å². The Morgan fingerprint density at radius 2 is 0.495 bits per heavy atom. The van der Waals surface area contributed by atoms with E-state index in [1.807, 2.05) is 0 Å². The summed E-state index contributed by atoms with van der Waals surface area (Å²) in [4.78, 5) is 72.6. The van der Waals surface area contributed by atoms with Gasteiger partial charge in [-0.2, -0.15) is 0 Å². The van der Waals surface area contributed by atoms with Crippen LogP contribution < -0.4 is 0 Å². The number of phosphoric ester groups is 2. The molecule has 0 saturated carbocycles. The quantitative estimate of drug-likeness (QED) is 0.0222. The van der Waals surface area contributed by atoms with Crippen molar-refractivity contribution in [2.45, 2.75) is 400 Å². The molecule has 3 N–H and O–H groups in total. The first-order chi connectivity index (χ1) is 44.9. The van der Waals surface area contributed by atoms with Gasteiger partial charge in [-0.3, -0.25) is 37.3 Å². The molecule has 0 aliphatic rings. The summed E-state index contributed by atoms with van der Waals surface area (Å²) in [5.41, 5.74) is 0. The van der Waals surface area contributed by atoms with Gasteiger partial charge < -0.3 is 33.8 Å². The van der Waals surface area contributed by atoms with Gasteiger partial charge in [-0.25, -0.2) is 9.13 Å². The molecule has 0 fully saturated rings. The van der Waals surface area contributed by atoms with Crippen molar-refractivity contribution in [2.75, 3.05) is 39.6 Å². The van der Waals surface area contributed by atoms with Crippen LogP contribution in [0.2, 0.25) is 0 Å². The monoisotopic (exact) mass is 1370 g/mol. The number of rotatable bonds is 73. The van der Waals surface area contributed by atoms with Crippen LogP contribution in [0.25, 0.3) is 0 Å². The van der Waals surface area contributed by atoms with E-state index in [9.17, 15) is 43.2 Å². The van der Waals surface area contributed by atoms with Crippen molar-refractivity contribution in [1.29, 1.82) is 0 Å². The fourth-order valence-corrected chi connectivity index (χ4v) is 12.9. The van der Waals surface area contributed by atoms with Crippen LogP contribution in [0, 0.1) is 11.8 Å². The first kappa shape index (κ1) is 91.1. The third kappa shape index (κ3) is 68.4. The van der Waals surface area contributed by atoms with Gasteiger partial charge in [0.1, 0.15) is 19.3 Å². The largest absolute Gasteiger partial charge is 0.472 e. The predicted molar refractivity (Wildman–Crippen MR) is 377 cm³/mol. The molecule has 0 bridgehead atoms. The zero-order valence-electron chi connectivity index (χ0n) is 60.6. The van der Waals surface area contributed by atoms with Crippen LogP contribution in [0.1, 0.15) is 382 Å². The number of aliphatic hydroxyl groups is 1. The van der Waals surface area contributed by atoms with Gasteiger partial charge >= 0.3 is 39.5 Å². The van der Waals surface area contributed by atoms with Crippen LogP contribution in [-0.4, -0.2) is 96.7 Å². The van der Waals surface area contributed by atoms with Crippen LogP contribution in [0.4, 0.5) is 0 Å². The molecule has 0 aromatic carbocycles. The molecule has 0 spiro atoms. The summed E-state index contributed by atoms with van der Waals surface area (Å²) in [7, 11) is -9.90. The van der Waals surface area contributed by atoms with Crippen LogP contribution in [0.5, 0.6) is 0 Å². The lowest BCUT2D eigenvalue weighted by Gasteiger charge is -2.21. The summed E-state index contributed by atoms with van der Waals surface area (Å²) < 4.78 is 68.3. The molecule has 0 aliphatic carbocycles. The lowest BCUT2D eigenvalue weighted by atomic mass is 10.0. The molecule has 2 unspecified atom stereocenters. The Hall–Kier alpha value is -1.94. The summed E-state index contributed by atoms with van der Waals surface area (Å²) >= 11 is 0. The molecule has 93 heavy (non-hydrogen) atoms. The van der Waals surface area contributed by atoms with Gasteiger partial charge in [0.15, 0.2) is 12.2 Å². The van der Waals surface area contributed by atoms with Crippen molar-refractivity contribution >= 4 is 39.5 Å². The van der Waals surface area contributed by atoms with Gasteiger partial charge in [-0.15, -0.1) is 0 Å². The number of hydrogen-bond acceptors (Lipinski definition) is 15. The zero-order valence-corrected chi connectivity index (χ0v) is 62.3. The molecular weight excluding hydrogens is 1220 g/mol. The Kier molecular flexibility index (Phi) is 64.6. The highest BCUT2D eigenvalue weighted by molar-refractivity contribution is 7.47. The van der Waals surface area contributed by atoms with E-state index in [1.165, 1.54) is 186 Å². The van der Waals surface area contributed by atoms with Crippen molar-refractivity contribution in [1.82, 2.24) is 0 Å². The van der Waals surface area contributed by atoms with Gasteiger partial charge in [-0.1, -0.05) is 330 Å². The predicted octanol–water partition coefficient (Wildman–Crippen LogP) is 21.6. The molecule has 0 saturated heterocycles. The SMILES string of the molecule is CCCCCCCCCCCCCCCCCCCC(=O)OC[C@H](COP(=O)(O)OC[C@@H](O)COP(=O)(O)OC[C@@H](COC(=O)CCCCCCCCC)OC(=O)CCCCCCCCCCC(C)C)OC(=O)CCCCCCCCCCCCCCCCCC(C)C. The van der Waals surface area contributed by atoms with Gasteiger partial charge in [-0.05, 0) is 37.5 Å². The summed E-state index contributed by atoms with van der Waals surface area (Å²) in [6.07, 6.45) is 53.0. The van der Waals surface area contributed by atoms with Gasteiger partial charge in [0.2, 0.25) is 0 Å². The van der Waals surface area contributed by atoms with Gasteiger partial charge in [0.25, 0.3) is 0 Å². The van der Waals surface area contributed by atoms with E-state index in [-0.39, 0.29) is 25.7 Å². The fourth-order valence-electron chi connectivity index (χ4n) is 11.3. The number of hydrogen-bond donors (Lipinski definition) is 3. The Labute approximate surface area is 568 Å². The Bertz CT molecular complexity index is 1800. The zero-order chi connectivity index (χ0) is 68.6. The lowest BCUT2D eigenvalue weighted by molar-refractivity contribution is -0.161. The minimum atomic E-state index is -4.95. The van der Waals surface area contributed by atoms with Crippen molar-refractivity contribution in [3.8, 4) is 0 Å². The topological polar surface area (TPSA) is 237 Å². The normalized spacial score (nSPS) is 14.1. The van der Waals surface area contributed by atoms with Crippen LogP contribution in [0.15, 0.2) is 0 Å². The van der Waals surface area contributed by atoms with Gasteiger partial charge in [0, 0.05) is 25.7 Å². The summed E-state index contributed by atoms with van der Waals surface area (Å²) in [5, 5.41) is 10.6. The smallest absolute Gasteiger partial charge is 0.462 e. The van der Waals surface area contributed by atoms with Gasteiger partial charge in [0.05, 0.1) is 26.4 Å². The van der Waals surface area contributed by atoms with E-state index in [2.05, 4.69) is 41.5 Å². The minimum Gasteiger partial charge on any atom is -0.462 e. The average Bonchev–Trinajstić information content (AvgIpc) is 3.11. The number of ether oxygens (including phenoxy) is 4. The highest BCUT2D eigenvalue weighted by Crippen LogP contribution is 2.45. The third-order valence-electron chi connectivity index (χ3n) is 17.2. The summed E-state index contributed by atoms with van der Waals surface area (Å²) in [5.74, 6) is -0.603. The number of esters is 4. The van der Waals surface area contributed by atoms with E-state index in [1.54, 1.807) is 0 Å².